The lowest BCUT2D eigenvalue weighted by atomic mass is 10.4. The van der Waals surface area contributed by atoms with Crippen molar-refractivity contribution in [3.05, 3.63) is 0 Å². The van der Waals surface area contributed by atoms with Crippen molar-refractivity contribution >= 4 is 30.9 Å². The van der Waals surface area contributed by atoms with Gasteiger partial charge in [0.25, 0.3) is 0 Å². The van der Waals surface area contributed by atoms with E-state index in [1.165, 1.54) is 10.8 Å². The Labute approximate surface area is 119 Å². The molecule has 0 aromatic carbocycles. The van der Waals surface area contributed by atoms with Crippen molar-refractivity contribution in [2.75, 3.05) is 19.8 Å². The third kappa shape index (κ3) is 4.62. The van der Waals surface area contributed by atoms with Crippen molar-refractivity contribution in [2.24, 2.45) is 0 Å². The van der Waals surface area contributed by atoms with Crippen LogP contribution in [0.1, 0.15) is 41.0 Å². The first-order valence-electron chi connectivity index (χ1n) is 6.36. The summed E-state index contributed by atoms with van der Waals surface area (Å²) in [7, 11) is -2.89. The van der Waals surface area contributed by atoms with E-state index in [0.717, 1.165) is 0 Å². The van der Waals surface area contributed by atoms with Crippen LogP contribution in [-0.4, -0.2) is 44.1 Å². The number of nitrogens with zero attached hydrogens (tertiary/aromatic N) is 1. The van der Waals surface area contributed by atoms with Gasteiger partial charge in [-0.2, -0.15) is 0 Å². The first-order valence-corrected chi connectivity index (χ1v) is 8.87. The van der Waals surface area contributed by atoms with E-state index in [1.807, 2.05) is 27.7 Å². The van der Waals surface area contributed by atoms with Crippen LogP contribution in [-0.2, 0) is 18.1 Å². The van der Waals surface area contributed by atoms with Crippen LogP contribution in [0.4, 0.5) is 0 Å². The average Bonchev–Trinajstić information content (AvgIpc) is 2.30. The molecule has 0 heterocycles. The van der Waals surface area contributed by atoms with E-state index in [9.17, 15) is 4.79 Å². The molecule has 0 fully saturated rings. The number of hydrogen-bond donors (Lipinski definition) is 0. The predicted molar refractivity (Wildman–Crippen MR) is 76.2 cm³/mol. The number of carbonyl (C=O) groups is 1. The monoisotopic (exact) mass is 341 g/mol. The first-order chi connectivity index (χ1) is 8.48. The summed E-state index contributed by atoms with van der Waals surface area (Å²) < 4.78 is 18.9. The van der Waals surface area contributed by atoms with E-state index in [-0.39, 0.29) is 11.6 Å². The standard InChI is InChI=1S/C11H24BrNO4Si/c1-6-11(13(12)10(5)14)18(15-7-2,16-8-3)17-9-4/h11H,6-9H2,1-5H3. The van der Waals surface area contributed by atoms with E-state index < -0.39 is 8.80 Å². The van der Waals surface area contributed by atoms with Crippen molar-refractivity contribution in [3.63, 3.8) is 0 Å². The smallest absolute Gasteiger partial charge is 0.373 e. The summed E-state index contributed by atoms with van der Waals surface area (Å²) in [6, 6.07) is 0. The van der Waals surface area contributed by atoms with Crippen molar-refractivity contribution in [2.45, 2.75) is 46.7 Å². The molecule has 0 rings (SSSR count). The second kappa shape index (κ2) is 9.03. The van der Waals surface area contributed by atoms with Gasteiger partial charge in [0.15, 0.2) is 0 Å². The van der Waals surface area contributed by atoms with Gasteiger partial charge in [-0.15, -0.1) is 0 Å². The second-order valence-corrected chi connectivity index (χ2v) is 7.16. The molecule has 0 aromatic heterocycles. The number of rotatable bonds is 9. The molecule has 0 radical (unpaired) electrons. The van der Waals surface area contributed by atoms with Crippen molar-refractivity contribution < 1.29 is 18.1 Å². The van der Waals surface area contributed by atoms with Gasteiger partial charge in [-0.3, -0.25) is 8.72 Å². The Morgan fingerprint density at radius 3 is 1.72 bits per heavy atom. The molecule has 0 aromatic rings. The Kier molecular flexibility index (Phi) is 9.05. The molecule has 0 saturated heterocycles. The number of hydrogen-bond acceptors (Lipinski definition) is 4. The van der Waals surface area contributed by atoms with Crippen LogP contribution in [0.3, 0.4) is 0 Å². The number of amides is 1. The summed E-state index contributed by atoms with van der Waals surface area (Å²) in [4.78, 5) is 11.5. The van der Waals surface area contributed by atoms with Gasteiger partial charge in [0.2, 0.25) is 5.91 Å². The molecule has 1 atom stereocenters. The highest BCUT2D eigenvalue weighted by Crippen LogP contribution is 2.25. The third-order valence-corrected chi connectivity index (χ3v) is 7.33. The van der Waals surface area contributed by atoms with Crippen LogP contribution in [0.25, 0.3) is 0 Å². The maximum Gasteiger partial charge on any atom is 0.525 e. The van der Waals surface area contributed by atoms with Crippen LogP contribution in [0.2, 0.25) is 0 Å². The molecule has 0 N–H and O–H groups in total. The van der Waals surface area contributed by atoms with Gasteiger partial charge >= 0.3 is 8.80 Å². The molecule has 108 valence electrons. The van der Waals surface area contributed by atoms with Crippen molar-refractivity contribution in [1.29, 1.82) is 0 Å². The summed E-state index contributed by atoms with van der Waals surface area (Å²) in [6.45, 7) is 10.7. The number of carbonyl (C=O) groups excluding carboxylic acids is 1. The normalized spacial score (nSPS) is 13.4. The fraction of sp³-hybridized carbons (Fsp3) is 0.909. The highest BCUT2D eigenvalue weighted by Gasteiger charge is 2.51. The van der Waals surface area contributed by atoms with E-state index in [4.69, 9.17) is 13.3 Å². The minimum Gasteiger partial charge on any atom is -0.373 e. The molecule has 0 aliphatic rings. The number of halogens is 1. The molecule has 0 aliphatic carbocycles. The van der Waals surface area contributed by atoms with Gasteiger partial charge in [0.1, 0.15) is 5.67 Å². The van der Waals surface area contributed by atoms with Gasteiger partial charge < -0.3 is 13.3 Å². The molecule has 7 heteroatoms. The molecule has 0 saturated carbocycles. The molecule has 0 bridgehead atoms. The fourth-order valence-electron chi connectivity index (χ4n) is 1.79. The second-order valence-electron chi connectivity index (χ2n) is 3.66. The summed E-state index contributed by atoms with van der Waals surface area (Å²) in [5, 5.41) is 0. The van der Waals surface area contributed by atoms with Gasteiger partial charge in [0.05, 0.1) is 16.1 Å². The van der Waals surface area contributed by atoms with Gasteiger partial charge in [-0.05, 0) is 27.2 Å². The lowest BCUT2D eigenvalue weighted by molar-refractivity contribution is -0.125. The lowest BCUT2D eigenvalue weighted by Gasteiger charge is -2.37. The van der Waals surface area contributed by atoms with Crippen LogP contribution >= 0.6 is 16.1 Å². The molecule has 1 unspecified atom stereocenters. The maximum atomic E-state index is 11.5. The van der Waals surface area contributed by atoms with E-state index >= 15 is 0 Å². The molecule has 0 spiro atoms. The predicted octanol–water partition coefficient (Wildman–Crippen LogP) is 2.51. The van der Waals surface area contributed by atoms with Crippen LogP contribution in [0.15, 0.2) is 0 Å². The Hall–Kier alpha value is 0.0469. The fourth-order valence-corrected chi connectivity index (χ4v) is 5.82. The van der Waals surface area contributed by atoms with Crippen LogP contribution in [0.5, 0.6) is 0 Å². The minimum absolute atomic E-state index is 0.0853. The average molecular weight is 342 g/mol. The van der Waals surface area contributed by atoms with Crippen LogP contribution < -0.4 is 0 Å². The van der Waals surface area contributed by atoms with Gasteiger partial charge in [0, 0.05) is 26.7 Å². The Bertz CT molecular complexity index is 238. The topological polar surface area (TPSA) is 48.0 Å². The van der Waals surface area contributed by atoms with Crippen LogP contribution in [0, 0.1) is 0 Å². The van der Waals surface area contributed by atoms with E-state index in [1.54, 1.807) is 0 Å². The molecule has 0 aliphatic heterocycles. The minimum atomic E-state index is -2.89. The highest BCUT2D eigenvalue weighted by molar-refractivity contribution is 9.07. The Morgan fingerprint density at radius 1 is 1.11 bits per heavy atom. The molecule has 18 heavy (non-hydrogen) atoms. The Morgan fingerprint density at radius 2 is 1.50 bits per heavy atom. The van der Waals surface area contributed by atoms with Crippen molar-refractivity contribution in [1.82, 2.24) is 3.93 Å². The van der Waals surface area contributed by atoms with Gasteiger partial charge in [-0.25, -0.2) is 0 Å². The summed E-state index contributed by atoms with van der Waals surface area (Å²) in [5.74, 6) is -0.0853. The summed E-state index contributed by atoms with van der Waals surface area (Å²) in [5.41, 5.74) is -0.213. The quantitative estimate of drug-likeness (QED) is 0.477. The van der Waals surface area contributed by atoms with Crippen molar-refractivity contribution in [3.8, 4) is 0 Å². The summed E-state index contributed by atoms with van der Waals surface area (Å²) in [6.07, 6.45) is 0.705. The zero-order chi connectivity index (χ0) is 14.2. The largest absolute Gasteiger partial charge is 0.525 e. The lowest BCUT2D eigenvalue weighted by Crippen LogP contribution is -2.61. The molecular weight excluding hydrogens is 318 g/mol. The summed E-state index contributed by atoms with van der Waals surface area (Å²) >= 11 is 3.29. The Balaban J connectivity index is 5.24. The third-order valence-electron chi connectivity index (χ3n) is 2.41. The molecule has 5 nitrogen and oxygen atoms in total. The molecule has 1 amide bonds. The van der Waals surface area contributed by atoms with E-state index in [0.29, 0.717) is 26.2 Å². The molecular formula is C11H24BrNO4Si. The zero-order valence-electron chi connectivity index (χ0n) is 11.9. The first kappa shape index (κ1) is 18.0. The maximum absolute atomic E-state index is 11.5. The van der Waals surface area contributed by atoms with E-state index in [2.05, 4.69) is 16.1 Å². The SMILES string of the molecule is CCO[Si](OCC)(OCC)C(CC)N(Br)C(C)=O. The highest BCUT2D eigenvalue weighted by atomic mass is 79.9. The van der Waals surface area contributed by atoms with Gasteiger partial charge in [-0.1, -0.05) is 6.92 Å². The zero-order valence-corrected chi connectivity index (χ0v) is 14.4.